The molecule has 0 radical (unpaired) electrons. The quantitative estimate of drug-likeness (QED) is 0.0972. The van der Waals surface area contributed by atoms with Crippen LogP contribution < -0.4 is 24.9 Å². The highest BCUT2D eigenvalue weighted by Crippen LogP contribution is 2.29. The van der Waals surface area contributed by atoms with Crippen molar-refractivity contribution in [1.29, 1.82) is 0 Å². The average molecular weight is 736 g/mol. The van der Waals surface area contributed by atoms with E-state index in [0.717, 1.165) is 54.3 Å². The van der Waals surface area contributed by atoms with Crippen molar-refractivity contribution in [1.82, 2.24) is 16.0 Å². The van der Waals surface area contributed by atoms with Gasteiger partial charge in [-0.1, -0.05) is 48.5 Å². The van der Waals surface area contributed by atoms with E-state index in [9.17, 15) is 45.1 Å². The van der Waals surface area contributed by atoms with Gasteiger partial charge in [-0.2, -0.15) is 21.6 Å². The third-order valence-corrected chi connectivity index (χ3v) is 7.80. The summed E-state index contributed by atoms with van der Waals surface area (Å²) in [5, 5.41) is 19.1. The molecule has 0 heterocycles. The number of nitrogens with one attached hydrogen (secondary N) is 3. The Bertz CT molecular complexity index is 1930. The van der Waals surface area contributed by atoms with Crippen LogP contribution in [0.1, 0.15) is 50.4 Å². The van der Waals surface area contributed by atoms with E-state index in [1.54, 1.807) is 37.3 Å². The Balaban J connectivity index is 1.56. The van der Waals surface area contributed by atoms with Gasteiger partial charge in [0.25, 0.3) is 11.8 Å². The number of carbonyl (C=O) groups excluding carboxylic acids is 2. The first-order valence-corrected chi connectivity index (χ1v) is 17.1. The van der Waals surface area contributed by atoms with Gasteiger partial charge in [-0.3, -0.25) is 9.59 Å². The number of hydrogen-bond acceptors (Lipinski definition) is 8. The molecule has 4 aromatic carbocycles. The van der Waals surface area contributed by atoms with Crippen LogP contribution in [-0.4, -0.2) is 56.9 Å². The molecule has 51 heavy (non-hydrogen) atoms. The van der Waals surface area contributed by atoms with Gasteiger partial charge in [-0.25, -0.2) is 8.78 Å². The van der Waals surface area contributed by atoms with Crippen molar-refractivity contribution < 1.29 is 54.0 Å². The second kappa shape index (κ2) is 16.8. The molecule has 0 spiro atoms. The highest BCUT2D eigenvalue weighted by molar-refractivity contribution is 7.86. The van der Waals surface area contributed by atoms with Crippen LogP contribution in [0.3, 0.4) is 0 Å². The number of aliphatic hydroxyl groups is 1. The normalized spacial score (nSPS) is 13.5. The van der Waals surface area contributed by atoms with Crippen LogP contribution in [0.25, 0.3) is 0 Å². The number of hydrogen-bond donors (Lipinski definition) is 4. The molecule has 0 aliphatic heterocycles. The van der Waals surface area contributed by atoms with Gasteiger partial charge in [0.15, 0.2) is 0 Å². The molecule has 0 aliphatic rings. The van der Waals surface area contributed by atoms with Crippen molar-refractivity contribution in [3.63, 3.8) is 0 Å². The van der Waals surface area contributed by atoms with E-state index in [-0.39, 0.29) is 41.3 Å². The molecule has 0 saturated heterocycles. The molecule has 4 aromatic rings. The molecule has 0 bridgehead atoms. The molecule has 0 fully saturated rings. The Morgan fingerprint density at radius 1 is 0.824 bits per heavy atom. The SMILES string of the molecule is C[C@@H](NC(=O)c1cc(OS(C)(=O)=O)cc(C(=O)N[C@@H](COc2cc(F)cc(F)c2)[C@H](O)CNCc2cccc(C(F)(F)F)c2)c1)c1ccccc1. The number of rotatable bonds is 15. The fraction of sp³-hybridized carbons (Fsp3) is 0.257. The molecule has 16 heteroatoms. The first-order chi connectivity index (χ1) is 24.0. The van der Waals surface area contributed by atoms with E-state index in [0.29, 0.717) is 6.07 Å². The van der Waals surface area contributed by atoms with Crippen LogP contribution in [0.2, 0.25) is 0 Å². The summed E-state index contributed by atoms with van der Waals surface area (Å²) in [6, 6.07) is 17.3. The van der Waals surface area contributed by atoms with Crippen LogP contribution >= 0.6 is 0 Å². The number of aliphatic hydroxyl groups excluding tert-OH is 1. The third kappa shape index (κ3) is 12.0. The Kier molecular flexibility index (Phi) is 12.7. The molecule has 0 aromatic heterocycles. The molecule has 4 N–H and O–H groups in total. The zero-order chi connectivity index (χ0) is 37.3. The third-order valence-electron chi connectivity index (χ3n) is 7.31. The van der Waals surface area contributed by atoms with Crippen LogP contribution in [0.15, 0.2) is 91.0 Å². The lowest BCUT2D eigenvalue weighted by molar-refractivity contribution is -0.137. The summed E-state index contributed by atoms with van der Waals surface area (Å²) < 4.78 is 101. The Hall–Kier alpha value is -5.06. The minimum Gasteiger partial charge on any atom is -0.491 e. The second-order valence-electron chi connectivity index (χ2n) is 11.5. The van der Waals surface area contributed by atoms with Gasteiger partial charge in [0.2, 0.25) is 0 Å². The molecular weight excluding hydrogens is 701 g/mol. The van der Waals surface area contributed by atoms with Crippen molar-refractivity contribution in [2.45, 2.75) is 37.8 Å². The fourth-order valence-corrected chi connectivity index (χ4v) is 5.30. The molecule has 272 valence electrons. The van der Waals surface area contributed by atoms with E-state index in [1.165, 1.54) is 12.1 Å². The Morgan fingerprint density at radius 2 is 1.45 bits per heavy atom. The number of benzene rings is 4. The summed E-state index contributed by atoms with van der Waals surface area (Å²) in [6.45, 7) is 0.754. The summed E-state index contributed by atoms with van der Waals surface area (Å²) in [5.41, 5.74) is -0.258. The summed E-state index contributed by atoms with van der Waals surface area (Å²) in [5.74, 6) is -4.16. The highest BCUT2D eigenvalue weighted by Gasteiger charge is 2.30. The molecule has 10 nitrogen and oxygen atoms in total. The molecule has 3 atom stereocenters. The number of ether oxygens (including phenoxy) is 1. The number of alkyl halides is 3. The number of amides is 2. The monoisotopic (exact) mass is 735 g/mol. The first kappa shape index (κ1) is 38.7. The zero-order valence-electron chi connectivity index (χ0n) is 27.2. The lowest BCUT2D eigenvalue weighted by Crippen LogP contribution is -2.50. The van der Waals surface area contributed by atoms with Gasteiger partial charge in [0.05, 0.1) is 30.0 Å². The minimum absolute atomic E-state index is 0.109. The predicted octanol–water partition coefficient (Wildman–Crippen LogP) is 5.14. The van der Waals surface area contributed by atoms with E-state index in [2.05, 4.69) is 16.0 Å². The molecule has 0 saturated carbocycles. The highest BCUT2D eigenvalue weighted by atomic mass is 32.2. The zero-order valence-corrected chi connectivity index (χ0v) is 28.0. The van der Waals surface area contributed by atoms with Crippen molar-refractivity contribution in [3.05, 3.63) is 130 Å². The van der Waals surface area contributed by atoms with E-state index < -0.39 is 70.1 Å². The molecular formula is C35H34F5N3O7S. The van der Waals surface area contributed by atoms with Crippen molar-refractivity contribution in [2.24, 2.45) is 0 Å². The Labute approximate surface area is 290 Å². The Morgan fingerprint density at radius 3 is 2.06 bits per heavy atom. The van der Waals surface area contributed by atoms with Gasteiger partial charge < -0.3 is 30.0 Å². The summed E-state index contributed by atoms with van der Waals surface area (Å²) in [4.78, 5) is 26.8. The van der Waals surface area contributed by atoms with E-state index in [4.69, 9.17) is 8.92 Å². The first-order valence-electron chi connectivity index (χ1n) is 15.3. The van der Waals surface area contributed by atoms with Crippen LogP contribution in [0.4, 0.5) is 22.0 Å². The minimum atomic E-state index is -4.57. The maximum atomic E-state index is 13.8. The summed E-state index contributed by atoms with van der Waals surface area (Å²) >= 11 is 0. The van der Waals surface area contributed by atoms with Crippen LogP contribution in [-0.2, 0) is 22.8 Å². The van der Waals surface area contributed by atoms with Gasteiger partial charge >= 0.3 is 16.3 Å². The van der Waals surface area contributed by atoms with Crippen LogP contribution in [0, 0.1) is 11.6 Å². The van der Waals surface area contributed by atoms with Gasteiger partial charge in [0.1, 0.15) is 29.7 Å². The standard InChI is InChI=1S/C35H34F5N3O7S/c1-21(23-8-4-3-5-9-23)42-33(45)24-12-25(14-30(13-24)50-51(2,47)48)34(46)43-31(20-49-29-16-27(36)15-28(37)17-29)32(44)19-41-18-22-7-6-10-26(11-22)35(38,39)40/h3-17,21,31-32,41,44H,18-20H2,1-2H3,(H,42,45)(H,43,46)/t21-,31+,32-/m1/s1. The van der Waals surface area contributed by atoms with Crippen molar-refractivity contribution in [2.75, 3.05) is 19.4 Å². The van der Waals surface area contributed by atoms with Gasteiger partial charge in [-0.15, -0.1) is 0 Å². The predicted molar refractivity (Wildman–Crippen MR) is 177 cm³/mol. The molecule has 0 aliphatic carbocycles. The maximum Gasteiger partial charge on any atom is 0.416 e. The fourth-order valence-electron chi connectivity index (χ4n) is 4.85. The topological polar surface area (TPSA) is 143 Å². The van der Waals surface area contributed by atoms with E-state index >= 15 is 0 Å². The lowest BCUT2D eigenvalue weighted by Gasteiger charge is -2.25. The molecule has 4 rings (SSSR count). The maximum absolute atomic E-state index is 13.8. The van der Waals surface area contributed by atoms with Gasteiger partial charge in [-0.05, 0) is 42.3 Å². The van der Waals surface area contributed by atoms with Crippen molar-refractivity contribution in [3.8, 4) is 11.5 Å². The smallest absolute Gasteiger partial charge is 0.416 e. The number of halogens is 5. The molecule has 0 unspecified atom stereocenters. The number of carbonyl (C=O) groups is 2. The summed E-state index contributed by atoms with van der Waals surface area (Å²) in [6.07, 6.45) is -5.30. The molecule has 2 amide bonds. The lowest BCUT2D eigenvalue weighted by atomic mass is 10.1. The summed E-state index contributed by atoms with van der Waals surface area (Å²) in [7, 11) is -4.11. The van der Waals surface area contributed by atoms with Crippen LogP contribution in [0.5, 0.6) is 11.5 Å². The van der Waals surface area contributed by atoms with Crippen molar-refractivity contribution >= 4 is 21.9 Å². The van der Waals surface area contributed by atoms with Gasteiger partial charge in [0, 0.05) is 42.4 Å². The second-order valence-corrected chi connectivity index (χ2v) is 13.1. The van der Waals surface area contributed by atoms with E-state index in [1.807, 2.05) is 0 Å². The largest absolute Gasteiger partial charge is 0.491 e. The average Bonchev–Trinajstić information content (AvgIpc) is 3.05.